The van der Waals surface area contributed by atoms with Gasteiger partial charge in [-0.15, -0.1) is 0 Å². The van der Waals surface area contributed by atoms with Gasteiger partial charge in [-0.1, -0.05) is 30.8 Å². The second-order valence-electron chi connectivity index (χ2n) is 10.6. The van der Waals surface area contributed by atoms with Gasteiger partial charge in [-0.2, -0.15) is 0 Å². The molecule has 2 aromatic rings. The maximum Gasteiger partial charge on any atom is 0.302 e. The first-order valence-corrected chi connectivity index (χ1v) is 15.2. The molecule has 0 amide bonds. The summed E-state index contributed by atoms with van der Waals surface area (Å²) in [5.74, 6) is -2.91. The molecule has 0 atom stereocenters. The molecule has 2 aromatic carbocycles. The summed E-state index contributed by atoms with van der Waals surface area (Å²) in [6.07, 6.45) is 1.61. The second-order valence-corrected chi connectivity index (χ2v) is 10.6. The molecule has 0 radical (unpaired) electrons. The quantitative estimate of drug-likeness (QED) is 0.0951. The van der Waals surface area contributed by atoms with Crippen molar-refractivity contribution in [3.05, 3.63) is 84.4 Å². The number of nitrogens with zero attached hydrogens (tertiary/aromatic N) is 2. The Kier molecular flexibility index (Phi) is 13.6. The standard InChI is InChI=1S/C34H34N2O9.C2H4O2/c1-5-35(14-17-42-22(2)37)25-10-12-29-31(20-25)45-32-21-26(36(15-18-43-23(3)38)16-19-44-24(4)39)11-13-30(32)33(29)27-8-6-7-9-28(27)34(40)41;1-2(3)4/h5-13,20-21H,1,14-19H2,2-4H3;1H3,(H,3,4). The van der Waals surface area contributed by atoms with E-state index in [1.165, 1.54) is 26.8 Å². The molecule has 0 aromatic heterocycles. The summed E-state index contributed by atoms with van der Waals surface area (Å²) in [6, 6.07) is 17.6. The average molecular weight is 675 g/mol. The van der Waals surface area contributed by atoms with Crippen molar-refractivity contribution in [3.63, 3.8) is 0 Å². The van der Waals surface area contributed by atoms with Gasteiger partial charge in [-0.25, -0.2) is 4.58 Å². The Morgan fingerprint density at radius 3 is 2.00 bits per heavy atom. The highest BCUT2D eigenvalue weighted by Crippen LogP contribution is 2.42. The molecule has 0 saturated heterocycles. The Balaban J connectivity index is 0.00000154. The van der Waals surface area contributed by atoms with Crippen LogP contribution < -0.4 is 19.9 Å². The number of anilines is 1. The number of hydrogen-bond acceptors (Lipinski definition) is 11. The van der Waals surface area contributed by atoms with Crippen LogP contribution in [0.4, 0.5) is 5.69 Å². The van der Waals surface area contributed by atoms with E-state index in [-0.39, 0.29) is 31.4 Å². The van der Waals surface area contributed by atoms with E-state index in [0.29, 0.717) is 64.1 Å². The van der Waals surface area contributed by atoms with Gasteiger partial charge in [0, 0.05) is 67.6 Å². The molecule has 0 bridgehead atoms. The van der Waals surface area contributed by atoms with Crippen molar-refractivity contribution in [2.75, 3.05) is 44.4 Å². The number of fused-ring (bicyclic) bond motifs is 2. The molecule has 0 fully saturated rings. The van der Waals surface area contributed by atoms with Crippen LogP contribution in [0, 0.1) is 0 Å². The SMILES string of the molecule is C=CN(CCOC(C)=O)c1ccc2c(-c3ccccc3C(=O)[O-])c3ccc(=[N+](CCOC(C)=O)CCOC(C)=O)cc-3oc2c1.CC(=O)O. The van der Waals surface area contributed by atoms with Gasteiger partial charge in [0.2, 0.25) is 5.36 Å². The van der Waals surface area contributed by atoms with Crippen molar-refractivity contribution in [3.8, 4) is 22.5 Å². The lowest BCUT2D eigenvalue weighted by atomic mass is 9.90. The number of rotatable bonds is 13. The van der Waals surface area contributed by atoms with Gasteiger partial charge >= 0.3 is 17.9 Å². The molecule has 0 spiro atoms. The van der Waals surface area contributed by atoms with Crippen molar-refractivity contribution in [1.82, 2.24) is 4.58 Å². The predicted octanol–water partition coefficient (Wildman–Crippen LogP) is 3.07. The van der Waals surface area contributed by atoms with Gasteiger partial charge in [0.05, 0.1) is 18.6 Å². The Morgan fingerprint density at radius 2 is 1.43 bits per heavy atom. The van der Waals surface area contributed by atoms with Crippen LogP contribution in [-0.2, 0) is 33.4 Å². The van der Waals surface area contributed by atoms with Gasteiger partial charge in [0.15, 0.2) is 13.1 Å². The van der Waals surface area contributed by atoms with Crippen molar-refractivity contribution in [2.45, 2.75) is 27.7 Å². The summed E-state index contributed by atoms with van der Waals surface area (Å²) in [5, 5.41) is 21.0. The minimum Gasteiger partial charge on any atom is -0.545 e. The van der Waals surface area contributed by atoms with Crippen molar-refractivity contribution in [1.29, 1.82) is 0 Å². The fourth-order valence-corrected chi connectivity index (χ4v) is 4.99. The maximum absolute atomic E-state index is 12.2. The third-order valence-electron chi connectivity index (χ3n) is 6.99. The first kappa shape index (κ1) is 37.5. The minimum atomic E-state index is -1.31. The number of esters is 3. The first-order chi connectivity index (χ1) is 23.3. The molecule has 258 valence electrons. The van der Waals surface area contributed by atoms with E-state index < -0.39 is 23.9 Å². The van der Waals surface area contributed by atoms with Crippen LogP contribution in [-0.4, -0.2) is 74.4 Å². The lowest BCUT2D eigenvalue weighted by Crippen LogP contribution is -2.36. The lowest BCUT2D eigenvalue weighted by Gasteiger charge is -2.22. The number of aliphatic carboxylic acids is 1. The second kappa shape index (κ2) is 17.8. The van der Waals surface area contributed by atoms with Gasteiger partial charge < -0.3 is 38.5 Å². The van der Waals surface area contributed by atoms with Crippen molar-refractivity contribution < 1.29 is 52.8 Å². The zero-order chi connectivity index (χ0) is 36.1. The van der Waals surface area contributed by atoms with E-state index in [4.69, 9.17) is 28.5 Å². The Hall–Kier alpha value is -5.98. The van der Waals surface area contributed by atoms with E-state index in [0.717, 1.165) is 6.92 Å². The number of benzene rings is 3. The number of aromatic carboxylic acids is 1. The van der Waals surface area contributed by atoms with Crippen LogP contribution in [0.25, 0.3) is 33.4 Å². The summed E-state index contributed by atoms with van der Waals surface area (Å²) in [7, 11) is 0. The number of hydrogen-bond donors (Lipinski definition) is 1. The molecule has 13 nitrogen and oxygen atoms in total. The molecule has 2 aliphatic rings. The number of carbonyl (C=O) groups is 5. The molecular formula is C36H38N2O11. The van der Waals surface area contributed by atoms with Gasteiger partial charge in [-0.3, -0.25) is 19.2 Å². The number of carbonyl (C=O) groups excluding carboxylic acids is 4. The topological polar surface area (TPSA) is 176 Å². The van der Waals surface area contributed by atoms with E-state index in [9.17, 15) is 24.3 Å². The number of carboxylic acids is 2. The molecule has 0 saturated carbocycles. The third kappa shape index (κ3) is 10.8. The smallest absolute Gasteiger partial charge is 0.302 e. The summed E-state index contributed by atoms with van der Waals surface area (Å²) in [6.45, 7) is 10.3. The molecular weight excluding hydrogens is 636 g/mol. The first-order valence-electron chi connectivity index (χ1n) is 15.2. The highest BCUT2D eigenvalue weighted by Gasteiger charge is 2.22. The van der Waals surface area contributed by atoms with Gasteiger partial charge in [-0.05, 0) is 30.0 Å². The molecule has 13 heteroatoms. The summed E-state index contributed by atoms with van der Waals surface area (Å²) in [5.41, 5.74) is 2.96. The molecule has 1 N–H and O–H groups in total. The van der Waals surface area contributed by atoms with Gasteiger partial charge in [0.25, 0.3) is 5.97 Å². The zero-order valence-electron chi connectivity index (χ0n) is 27.7. The Bertz CT molecular complexity index is 1870. The minimum absolute atomic E-state index is 0.0259. The third-order valence-corrected chi connectivity index (χ3v) is 6.99. The fourth-order valence-electron chi connectivity index (χ4n) is 4.99. The van der Waals surface area contributed by atoms with E-state index >= 15 is 0 Å². The highest BCUT2D eigenvalue weighted by molar-refractivity contribution is 6.07. The Morgan fingerprint density at radius 1 is 0.837 bits per heavy atom. The molecule has 1 aliphatic carbocycles. The molecule has 1 aliphatic heterocycles. The number of ether oxygens (including phenoxy) is 3. The van der Waals surface area contributed by atoms with E-state index in [1.807, 2.05) is 28.8 Å². The highest BCUT2D eigenvalue weighted by atomic mass is 16.5. The summed E-state index contributed by atoms with van der Waals surface area (Å²) >= 11 is 0. The molecule has 49 heavy (non-hydrogen) atoms. The van der Waals surface area contributed by atoms with Crippen molar-refractivity contribution >= 4 is 46.5 Å². The van der Waals surface area contributed by atoms with E-state index in [2.05, 4.69) is 6.58 Å². The largest absolute Gasteiger partial charge is 0.545 e. The van der Waals surface area contributed by atoms with Crippen molar-refractivity contribution in [2.24, 2.45) is 0 Å². The monoisotopic (exact) mass is 674 g/mol. The average Bonchev–Trinajstić information content (AvgIpc) is 3.03. The van der Waals surface area contributed by atoms with Crippen LogP contribution in [0.3, 0.4) is 0 Å². The van der Waals surface area contributed by atoms with Crippen LogP contribution in [0.1, 0.15) is 38.1 Å². The van der Waals surface area contributed by atoms with Crippen LogP contribution in [0.15, 0.2) is 77.9 Å². The molecule has 0 unspecified atom stereocenters. The van der Waals surface area contributed by atoms with Gasteiger partial charge in [0.1, 0.15) is 31.2 Å². The van der Waals surface area contributed by atoms with Crippen LogP contribution in [0.5, 0.6) is 0 Å². The van der Waals surface area contributed by atoms with Crippen LogP contribution >= 0.6 is 0 Å². The van der Waals surface area contributed by atoms with Crippen LogP contribution in [0.2, 0.25) is 0 Å². The maximum atomic E-state index is 12.2. The lowest BCUT2D eigenvalue weighted by molar-refractivity contribution is -0.255. The Labute approximate surface area is 282 Å². The van der Waals surface area contributed by atoms with E-state index in [1.54, 1.807) is 41.4 Å². The summed E-state index contributed by atoms with van der Waals surface area (Å²) < 4.78 is 23.8. The molecule has 1 heterocycles. The number of carboxylic acid groups (broad SMARTS) is 2. The molecule has 4 rings (SSSR count). The summed E-state index contributed by atoms with van der Waals surface area (Å²) in [4.78, 5) is 57.0. The fraction of sp³-hybridized carbons (Fsp3) is 0.278. The normalized spacial score (nSPS) is 10.4. The predicted molar refractivity (Wildman–Crippen MR) is 178 cm³/mol. The zero-order valence-corrected chi connectivity index (χ0v) is 27.7.